The number of imidazole rings is 1. The van der Waals surface area contributed by atoms with Crippen LogP contribution in [0.3, 0.4) is 0 Å². The third-order valence-corrected chi connectivity index (χ3v) is 5.48. The fraction of sp³-hybridized carbons (Fsp3) is 0.526. The molecule has 3 heterocycles. The van der Waals surface area contributed by atoms with Gasteiger partial charge in [-0.05, 0) is 31.4 Å². The first-order valence-corrected chi connectivity index (χ1v) is 9.22. The topological polar surface area (TPSA) is 63.1 Å². The summed E-state index contributed by atoms with van der Waals surface area (Å²) in [5, 5.41) is 2.94. The second kappa shape index (κ2) is 6.96. The first kappa shape index (κ1) is 16.3. The SMILES string of the molecule is CC1c2nc(C(=O)NCc3cccnc3)cn2CCN1C1CCCC1. The number of aromatic nitrogens is 3. The lowest BCUT2D eigenvalue weighted by molar-refractivity contribution is 0.0945. The second-order valence-electron chi connectivity index (χ2n) is 7.07. The summed E-state index contributed by atoms with van der Waals surface area (Å²) in [5.74, 6) is 0.898. The van der Waals surface area contributed by atoms with Crippen molar-refractivity contribution < 1.29 is 4.79 Å². The van der Waals surface area contributed by atoms with Crippen molar-refractivity contribution in [2.45, 2.75) is 57.8 Å². The van der Waals surface area contributed by atoms with Crippen molar-refractivity contribution in [1.29, 1.82) is 0 Å². The van der Waals surface area contributed by atoms with Crippen LogP contribution in [0.2, 0.25) is 0 Å². The molecule has 1 unspecified atom stereocenters. The highest BCUT2D eigenvalue weighted by Crippen LogP contribution is 2.33. The Morgan fingerprint density at radius 1 is 1.32 bits per heavy atom. The lowest BCUT2D eigenvalue weighted by Crippen LogP contribution is -2.42. The van der Waals surface area contributed by atoms with Crippen molar-refractivity contribution in [3.8, 4) is 0 Å². The van der Waals surface area contributed by atoms with Crippen molar-refractivity contribution >= 4 is 5.91 Å². The van der Waals surface area contributed by atoms with Crippen LogP contribution in [0.25, 0.3) is 0 Å². The normalized spacial score (nSPS) is 21.2. The van der Waals surface area contributed by atoms with Gasteiger partial charge >= 0.3 is 0 Å². The first-order chi connectivity index (χ1) is 12.2. The Bertz CT molecular complexity index is 736. The maximum absolute atomic E-state index is 12.5. The summed E-state index contributed by atoms with van der Waals surface area (Å²) in [4.78, 5) is 23.8. The van der Waals surface area contributed by atoms with E-state index in [2.05, 4.69) is 31.7 Å². The third kappa shape index (κ3) is 3.31. The maximum Gasteiger partial charge on any atom is 0.271 e. The van der Waals surface area contributed by atoms with Crippen LogP contribution in [-0.2, 0) is 13.1 Å². The van der Waals surface area contributed by atoms with Crippen molar-refractivity contribution in [1.82, 2.24) is 24.8 Å². The van der Waals surface area contributed by atoms with E-state index in [1.807, 2.05) is 18.3 Å². The van der Waals surface area contributed by atoms with Gasteiger partial charge in [0.15, 0.2) is 0 Å². The fourth-order valence-corrected chi connectivity index (χ4v) is 4.13. The molecule has 0 saturated heterocycles. The summed E-state index contributed by atoms with van der Waals surface area (Å²) < 4.78 is 2.15. The molecule has 0 radical (unpaired) electrons. The Morgan fingerprint density at radius 3 is 2.92 bits per heavy atom. The molecule has 2 aromatic heterocycles. The van der Waals surface area contributed by atoms with E-state index in [0.29, 0.717) is 18.3 Å². The molecule has 1 fully saturated rings. The average molecular weight is 339 g/mol. The van der Waals surface area contributed by atoms with E-state index in [1.165, 1.54) is 25.7 Å². The number of carbonyl (C=O) groups is 1. The minimum Gasteiger partial charge on any atom is -0.347 e. The summed E-state index contributed by atoms with van der Waals surface area (Å²) in [6.45, 7) is 4.65. The largest absolute Gasteiger partial charge is 0.347 e. The minimum atomic E-state index is -0.120. The zero-order valence-electron chi connectivity index (χ0n) is 14.7. The van der Waals surface area contributed by atoms with Gasteiger partial charge in [0.25, 0.3) is 5.91 Å². The van der Waals surface area contributed by atoms with Crippen LogP contribution in [0.4, 0.5) is 0 Å². The van der Waals surface area contributed by atoms with Gasteiger partial charge in [-0.15, -0.1) is 0 Å². The summed E-state index contributed by atoms with van der Waals surface area (Å²) in [6, 6.07) is 4.78. The van der Waals surface area contributed by atoms with Crippen molar-refractivity contribution in [2.75, 3.05) is 6.54 Å². The summed E-state index contributed by atoms with van der Waals surface area (Å²) in [5.41, 5.74) is 1.50. The van der Waals surface area contributed by atoms with Gasteiger partial charge in [0.1, 0.15) is 11.5 Å². The number of nitrogens with zero attached hydrogens (tertiary/aromatic N) is 4. The Labute approximate surface area is 148 Å². The van der Waals surface area contributed by atoms with E-state index < -0.39 is 0 Å². The van der Waals surface area contributed by atoms with E-state index in [0.717, 1.165) is 24.5 Å². The molecule has 1 aliphatic heterocycles. The van der Waals surface area contributed by atoms with Crippen LogP contribution in [0.5, 0.6) is 0 Å². The van der Waals surface area contributed by atoms with Crippen LogP contribution < -0.4 is 5.32 Å². The predicted octanol–water partition coefficient (Wildman–Crippen LogP) is 2.53. The second-order valence-corrected chi connectivity index (χ2v) is 7.07. The number of carbonyl (C=O) groups excluding carboxylic acids is 1. The summed E-state index contributed by atoms with van der Waals surface area (Å²) in [6.07, 6.45) is 10.7. The average Bonchev–Trinajstić information content (AvgIpc) is 3.31. The van der Waals surface area contributed by atoms with Crippen LogP contribution in [0.15, 0.2) is 30.7 Å². The maximum atomic E-state index is 12.5. The molecule has 0 aromatic carbocycles. The highest BCUT2D eigenvalue weighted by molar-refractivity contribution is 5.92. The number of nitrogens with one attached hydrogen (secondary N) is 1. The Hall–Kier alpha value is -2.21. The lowest BCUT2D eigenvalue weighted by Gasteiger charge is -2.38. The van der Waals surface area contributed by atoms with Crippen LogP contribution >= 0.6 is 0 Å². The fourth-order valence-electron chi connectivity index (χ4n) is 4.13. The molecule has 6 heteroatoms. The van der Waals surface area contributed by atoms with Crippen molar-refractivity contribution in [3.63, 3.8) is 0 Å². The molecular formula is C19H25N5O. The standard InChI is InChI=1S/C19H25N5O/c1-14-18-22-17(19(25)21-12-15-5-4-8-20-11-15)13-23(18)9-10-24(14)16-6-2-3-7-16/h4-5,8,11,13-14,16H,2-3,6-7,9-10,12H2,1H3,(H,21,25). The highest BCUT2D eigenvalue weighted by atomic mass is 16.1. The van der Waals surface area contributed by atoms with Gasteiger partial charge < -0.3 is 9.88 Å². The monoisotopic (exact) mass is 339 g/mol. The Morgan fingerprint density at radius 2 is 2.16 bits per heavy atom. The quantitative estimate of drug-likeness (QED) is 0.930. The number of hydrogen-bond donors (Lipinski definition) is 1. The zero-order chi connectivity index (χ0) is 17.2. The van der Waals surface area contributed by atoms with Gasteiger partial charge in [-0.2, -0.15) is 0 Å². The van der Waals surface area contributed by atoms with Gasteiger partial charge in [-0.25, -0.2) is 4.98 Å². The molecular weight excluding hydrogens is 314 g/mol. The molecule has 132 valence electrons. The van der Waals surface area contributed by atoms with Gasteiger partial charge in [0.05, 0.1) is 6.04 Å². The van der Waals surface area contributed by atoms with E-state index >= 15 is 0 Å². The van der Waals surface area contributed by atoms with Gasteiger partial charge in [-0.1, -0.05) is 18.9 Å². The molecule has 1 aliphatic carbocycles. The van der Waals surface area contributed by atoms with Crippen LogP contribution in [-0.4, -0.2) is 37.9 Å². The summed E-state index contributed by atoms with van der Waals surface area (Å²) >= 11 is 0. The van der Waals surface area contributed by atoms with Crippen LogP contribution in [0.1, 0.15) is 60.5 Å². The predicted molar refractivity (Wildman–Crippen MR) is 95.0 cm³/mol. The number of rotatable bonds is 4. The third-order valence-electron chi connectivity index (χ3n) is 5.48. The number of hydrogen-bond acceptors (Lipinski definition) is 4. The van der Waals surface area contributed by atoms with Gasteiger partial charge in [0.2, 0.25) is 0 Å². The highest BCUT2D eigenvalue weighted by Gasteiger charge is 2.33. The van der Waals surface area contributed by atoms with Gasteiger partial charge in [0, 0.05) is 44.3 Å². The van der Waals surface area contributed by atoms with E-state index in [4.69, 9.17) is 0 Å². The molecule has 0 spiro atoms. The molecule has 6 nitrogen and oxygen atoms in total. The molecule has 1 amide bonds. The van der Waals surface area contributed by atoms with E-state index in [1.54, 1.807) is 12.4 Å². The molecule has 4 rings (SSSR count). The Kier molecular flexibility index (Phi) is 4.53. The number of fused-ring (bicyclic) bond motifs is 1. The van der Waals surface area contributed by atoms with Crippen molar-refractivity contribution in [3.05, 3.63) is 47.8 Å². The molecule has 1 N–H and O–H groups in total. The molecule has 2 aliphatic rings. The molecule has 25 heavy (non-hydrogen) atoms. The lowest BCUT2D eigenvalue weighted by atomic mass is 10.1. The number of amides is 1. The molecule has 2 aromatic rings. The smallest absolute Gasteiger partial charge is 0.271 e. The minimum absolute atomic E-state index is 0.120. The van der Waals surface area contributed by atoms with Crippen LogP contribution in [0, 0.1) is 0 Å². The van der Waals surface area contributed by atoms with E-state index in [-0.39, 0.29) is 11.9 Å². The first-order valence-electron chi connectivity index (χ1n) is 9.22. The zero-order valence-corrected chi connectivity index (χ0v) is 14.7. The summed E-state index contributed by atoms with van der Waals surface area (Å²) in [7, 11) is 0. The molecule has 1 atom stereocenters. The Balaban J connectivity index is 1.44. The number of pyridine rings is 1. The molecule has 1 saturated carbocycles. The molecule has 0 bridgehead atoms. The van der Waals surface area contributed by atoms with E-state index in [9.17, 15) is 4.79 Å². The van der Waals surface area contributed by atoms with Gasteiger partial charge in [-0.3, -0.25) is 14.7 Å². The van der Waals surface area contributed by atoms with Crippen molar-refractivity contribution in [2.24, 2.45) is 0 Å².